The highest BCUT2D eigenvalue weighted by molar-refractivity contribution is 5.76. The first-order valence-electron chi connectivity index (χ1n) is 9.73. The highest BCUT2D eigenvalue weighted by Gasteiger charge is 2.19. The first-order chi connectivity index (χ1) is 12.6. The molecule has 2 rings (SSSR count). The van der Waals surface area contributed by atoms with E-state index in [0.717, 1.165) is 49.7 Å². The molecule has 3 nitrogen and oxygen atoms in total. The summed E-state index contributed by atoms with van der Waals surface area (Å²) >= 11 is 0. The van der Waals surface area contributed by atoms with Gasteiger partial charge in [0, 0.05) is 0 Å². The summed E-state index contributed by atoms with van der Waals surface area (Å²) < 4.78 is 5.18. The Morgan fingerprint density at radius 2 is 1.58 bits per heavy atom. The molecule has 0 saturated heterocycles. The van der Waals surface area contributed by atoms with Crippen molar-refractivity contribution in [3.8, 4) is 16.9 Å². The maximum atomic E-state index is 11.2. The van der Waals surface area contributed by atoms with E-state index in [1.165, 1.54) is 22.3 Å². The molecule has 140 valence electrons. The lowest BCUT2D eigenvalue weighted by molar-refractivity contribution is 0.144. The van der Waals surface area contributed by atoms with Crippen molar-refractivity contribution < 1.29 is 14.6 Å². The first-order valence-corrected chi connectivity index (χ1v) is 9.73. The third-order valence-electron chi connectivity index (χ3n) is 4.99. The van der Waals surface area contributed by atoms with E-state index < -0.39 is 6.16 Å². The molecule has 2 aromatic rings. The Labute approximate surface area is 157 Å². The number of aryl methyl sites for hydroxylation is 1. The molecule has 0 aromatic heterocycles. The summed E-state index contributed by atoms with van der Waals surface area (Å²) in [6.45, 7) is 8.55. The van der Waals surface area contributed by atoms with Crippen molar-refractivity contribution in [3.05, 3.63) is 52.6 Å². The smallest absolute Gasteiger partial charge is 0.449 e. The molecular weight excluding hydrogens is 324 g/mol. The van der Waals surface area contributed by atoms with Gasteiger partial charge in [0.05, 0.1) is 0 Å². The summed E-state index contributed by atoms with van der Waals surface area (Å²) in [6.07, 6.45) is 4.62. The van der Waals surface area contributed by atoms with Crippen LogP contribution < -0.4 is 4.74 Å². The third-order valence-corrected chi connectivity index (χ3v) is 4.99. The van der Waals surface area contributed by atoms with Crippen molar-refractivity contribution in [2.24, 2.45) is 0 Å². The molecule has 3 heteroatoms. The van der Waals surface area contributed by atoms with Crippen molar-refractivity contribution in [1.29, 1.82) is 0 Å². The molecule has 0 saturated carbocycles. The lowest BCUT2D eigenvalue weighted by Gasteiger charge is -2.21. The Morgan fingerprint density at radius 1 is 0.923 bits per heavy atom. The Balaban J connectivity index is 2.73. The third kappa shape index (κ3) is 4.27. The van der Waals surface area contributed by atoms with Crippen LogP contribution in [0.25, 0.3) is 11.1 Å². The van der Waals surface area contributed by atoms with Gasteiger partial charge in [-0.3, -0.25) is 0 Å². The zero-order valence-corrected chi connectivity index (χ0v) is 16.4. The number of hydrogen-bond donors (Lipinski definition) is 1. The van der Waals surface area contributed by atoms with Gasteiger partial charge in [-0.15, -0.1) is 0 Å². The standard InChI is InChI=1S/C23H30O3/c1-5-9-12-16-13-10-11-14-20(16)21-15-22(26-23(24)25)19(8-4)17(6-2)18(21)7-3/h10-11,13-15H,5-9,12H2,1-4H3,(H,24,25). The number of rotatable bonds is 8. The van der Waals surface area contributed by atoms with Crippen LogP contribution in [0.5, 0.6) is 5.75 Å². The molecule has 0 aliphatic carbocycles. The molecule has 0 aliphatic rings. The second-order valence-corrected chi connectivity index (χ2v) is 6.55. The fourth-order valence-corrected chi connectivity index (χ4v) is 3.81. The highest BCUT2D eigenvalue weighted by Crippen LogP contribution is 2.38. The van der Waals surface area contributed by atoms with E-state index in [2.05, 4.69) is 52.0 Å². The SMILES string of the molecule is CCCCc1ccccc1-c1cc(OC(=O)O)c(CC)c(CC)c1CC. The van der Waals surface area contributed by atoms with Gasteiger partial charge in [-0.05, 0) is 71.6 Å². The molecule has 0 bridgehead atoms. The van der Waals surface area contributed by atoms with E-state index >= 15 is 0 Å². The van der Waals surface area contributed by atoms with Crippen LogP contribution in [-0.4, -0.2) is 11.3 Å². The second kappa shape index (κ2) is 9.42. The van der Waals surface area contributed by atoms with Gasteiger partial charge in [0.25, 0.3) is 0 Å². The van der Waals surface area contributed by atoms with Gasteiger partial charge in [0.15, 0.2) is 0 Å². The van der Waals surface area contributed by atoms with Crippen LogP contribution in [-0.2, 0) is 25.7 Å². The van der Waals surface area contributed by atoms with Crippen LogP contribution in [0.4, 0.5) is 4.79 Å². The minimum absolute atomic E-state index is 0.481. The van der Waals surface area contributed by atoms with Gasteiger partial charge in [-0.1, -0.05) is 58.4 Å². The van der Waals surface area contributed by atoms with E-state index in [0.29, 0.717) is 5.75 Å². The molecule has 0 amide bonds. The van der Waals surface area contributed by atoms with E-state index in [1.54, 1.807) is 0 Å². The fraction of sp³-hybridized carbons (Fsp3) is 0.435. The zero-order valence-electron chi connectivity index (χ0n) is 16.4. The Morgan fingerprint density at radius 3 is 2.15 bits per heavy atom. The first kappa shape index (κ1) is 20.0. The van der Waals surface area contributed by atoms with Crippen molar-refractivity contribution in [2.75, 3.05) is 0 Å². The predicted molar refractivity (Wildman–Crippen MR) is 107 cm³/mol. The summed E-state index contributed by atoms with van der Waals surface area (Å²) in [4.78, 5) is 11.2. The van der Waals surface area contributed by atoms with Gasteiger partial charge >= 0.3 is 6.16 Å². The molecule has 0 atom stereocenters. The van der Waals surface area contributed by atoms with E-state index in [-0.39, 0.29) is 0 Å². The molecule has 2 aromatic carbocycles. The molecule has 0 heterocycles. The van der Waals surface area contributed by atoms with Gasteiger partial charge in [0.1, 0.15) is 5.75 Å². The van der Waals surface area contributed by atoms with Crippen LogP contribution in [0.15, 0.2) is 30.3 Å². The Hall–Kier alpha value is -2.29. The molecule has 0 fully saturated rings. The van der Waals surface area contributed by atoms with Crippen molar-refractivity contribution >= 4 is 6.16 Å². The number of hydrogen-bond acceptors (Lipinski definition) is 2. The molecule has 26 heavy (non-hydrogen) atoms. The number of benzene rings is 2. The molecule has 0 aliphatic heterocycles. The number of unbranched alkanes of at least 4 members (excludes halogenated alkanes) is 1. The molecule has 0 spiro atoms. The van der Waals surface area contributed by atoms with Crippen LogP contribution >= 0.6 is 0 Å². The minimum atomic E-state index is -1.25. The monoisotopic (exact) mass is 354 g/mol. The topological polar surface area (TPSA) is 46.5 Å². The fourth-order valence-electron chi connectivity index (χ4n) is 3.81. The summed E-state index contributed by atoms with van der Waals surface area (Å²) in [6, 6.07) is 10.4. The predicted octanol–water partition coefficient (Wildman–Crippen LogP) is 6.44. The minimum Gasteiger partial charge on any atom is -0.449 e. The van der Waals surface area contributed by atoms with Crippen LogP contribution in [0.3, 0.4) is 0 Å². The average Bonchev–Trinajstić information content (AvgIpc) is 2.65. The van der Waals surface area contributed by atoms with Crippen molar-refractivity contribution in [2.45, 2.75) is 66.2 Å². The summed E-state index contributed by atoms with van der Waals surface area (Å²) in [7, 11) is 0. The molecular formula is C23H30O3. The summed E-state index contributed by atoms with van der Waals surface area (Å²) in [5.41, 5.74) is 7.19. The van der Waals surface area contributed by atoms with Crippen LogP contribution in [0.1, 0.15) is 62.8 Å². The summed E-state index contributed by atoms with van der Waals surface area (Å²) in [5.74, 6) is 0.481. The maximum Gasteiger partial charge on any atom is 0.511 e. The van der Waals surface area contributed by atoms with Crippen LogP contribution in [0, 0.1) is 0 Å². The van der Waals surface area contributed by atoms with E-state index in [4.69, 9.17) is 4.74 Å². The molecule has 0 radical (unpaired) electrons. The second-order valence-electron chi connectivity index (χ2n) is 6.55. The summed E-state index contributed by atoms with van der Waals surface area (Å²) in [5, 5.41) is 9.19. The molecule has 1 N–H and O–H groups in total. The Kier molecular flexibility index (Phi) is 7.26. The lowest BCUT2D eigenvalue weighted by atomic mass is 9.85. The van der Waals surface area contributed by atoms with E-state index in [9.17, 15) is 9.90 Å². The largest absolute Gasteiger partial charge is 0.511 e. The van der Waals surface area contributed by atoms with E-state index in [1.807, 2.05) is 6.07 Å². The lowest BCUT2D eigenvalue weighted by Crippen LogP contribution is -2.10. The number of carbonyl (C=O) groups is 1. The number of ether oxygens (including phenoxy) is 1. The van der Waals surface area contributed by atoms with Crippen molar-refractivity contribution in [1.82, 2.24) is 0 Å². The number of carboxylic acid groups (broad SMARTS) is 1. The Bertz CT molecular complexity index is 762. The highest BCUT2D eigenvalue weighted by atomic mass is 16.7. The van der Waals surface area contributed by atoms with Gasteiger partial charge in [-0.25, -0.2) is 4.79 Å². The maximum absolute atomic E-state index is 11.2. The van der Waals surface area contributed by atoms with Gasteiger partial charge in [-0.2, -0.15) is 0 Å². The zero-order chi connectivity index (χ0) is 19.1. The average molecular weight is 354 g/mol. The van der Waals surface area contributed by atoms with Gasteiger partial charge in [0.2, 0.25) is 0 Å². The van der Waals surface area contributed by atoms with Crippen molar-refractivity contribution in [3.63, 3.8) is 0 Å². The van der Waals surface area contributed by atoms with Gasteiger partial charge < -0.3 is 9.84 Å². The quantitative estimate of drug-likeness (QED) is 0.438. The normalized spacial score (nSPS) is 10.8. The molecule has 0 unspecified atom stereocenters. The van der Waals surface area contributed by atoms with Crippen LogP contribution in [0.2, 0.25) is 0 Å².